The standard InChI is InChI=1S/C56H33N3/c1-2-13-38-36(12-1)32-54(40-15-4-3-14-39(38)40)58-50-22-9-7-18-43(50)48-31-35(25-29-53(48)58)34-24-28-52-47(30-34)42-17-6-8-21-49(42)57(52)37-26-27-44-46-20-11-19-45-41-16-5-10-23-51(41)59(56(45)46)55(44)33-37/h1-33H. The van der Waals surface area contributed by atoms with Gasteiger partial charge >= 0.3 is 0 Å². The van der Waals surface area contributed by atoms with Crippen LogP contribution in [0.3, 0.4) is 0 Å². The fourth-order valence-electron chi connectivity index (χ4n) is 10.6. The molecule has 0 unspecified atom stereocenters. The fourth-order valence-corrected chi connectivity index (χ4v) is 10.6. The van der Waals surface area contributed by atoms with E-state index in [0.717, 1.165) is 5.69 Å². The van der Waals surface area contributed by atoms with Gasteiger partial charge in [0.25, 0.3) is 0 Å². The molecule has 0 radical (unpaired) electrons. The van der Waals surface area contributed by atoms with E-state index >= 15 is 0 Å². The zero-order chi connectivity index (χ0) is 38.3. The number of para-hydroxylation sites is 4. The van der Waals surface area contributed by atoms with E-state index in [2.05, 4.69) is 214 Å². The van der Waals surface area contributed by atoms with E-state index in [1.165, 1.54) is 120 Å². The Balaban J connectivity index is 0.967. The Bertz CT molecular complexity index is 4080. The van der Waals surface area contributed by atoms with Crippen molar-refractivity contribution in [1.29, 1.82) is 0 Å². The molecule has 0 aliphatic carbocycles. The number of benzene rings is 10. The van der Waals surface area contributed by atoms with Crippen molar-refractivity contribution in [1.82, 2.24) is 13.5 Å². The van der Waals surface area contributed by atoms with E-state index in [-0.39, 0.29) is 0 Å². The molecule has 0 atom stereocenters. The van der Waals surface area contributed by atoms with Crippen LogP contribution in [0, 0.1) is 0 Å². The van der Waals surface area contributed by atoms with Crippen molar-refractivity contribution < 1.29 is 0 Å². The molecule has 0 fully saturated rings. The number of hydrogen-bond acceptors (Lipinski definition) is 0. The highest BCUT2D eigenvalue weighted by molar-refractivity contribution is 6.24. The molecule has 0 aliphatic rings. The minimum Gasteiger partial charge on any atom is -0.309 e. The maximum absolute atomic E-state index is 2.47. The molecule has 10 aromatic carbocycles. The molecule has 0 spiro atoms. The van der Waals surface area contributed by atoms with Gasteiger partial charge in [0.15, 0.2) is 0 Å². The number of aromatic nitrogens is 3. The molecule has 0 saturated heterocycles. The second kappa shape index (κ2) is 11.4. The van der Waals surface area contributed by atoms with Crippen LogP contribution in [0.2, 0.25) is 0 Å². The number of nitrogens with zero attached hydrogens (tertiary/aromatic N) is 3. The molecule has 272 valence electrons. The molecule has 14 aromatic rings. The van der Waals surface area contributed by atoms with E-state index in [9.17, 15) is 0 Å². The molecule has 0 saturated carbocycles. The number of rotatable bonds is 3. The van der Waals surface area contributed by atoms with E-state index in [4.69, 9.17) is 0 Å². The van der Waals surface area contributed by atoms with Gasteiger partial charge in [-0.25, -0.2) is 0 Å². The SMILES string of the molecule is c1ccc2c(c1)cc(-n1c3ccccc3c3cc(-c4ccc5c(c4)c4ccccc4n5-c4ccc5c6cccc7c8ccccc8n(c5c4)c76)ccc31)c1ccccc12. The first-order valence-electron chi connectivity index (χ1n) is 20.4. The molecular formula is C56H33N3. The highest BCUT2D eigenvalue weighted by Crippen LogP contribution is 2.43. The minimum atomic E-state index is 1.16. The highest BCUT2D eigenvalue weighted by atomic mass is 15.0. The van der Waals surface area contributed by atoms with Gasteiger partial charge in [-0.15, -0.1) is 0 Å². The topological polar surface area (TPSA) is 14.3 Å². The van der Waals surface area contributed by atoms with Gasteiger partial charge in [-0.05, 0) is 87.9 Å². The minimum absolute atomic E-state index is 1.16. The van der Waals surface area contributed by atoms with Gasteiger partial charge in [-0.2, -0.15) is 0 Å². The van der Waals surface area contributed by atoms with Crippen molar-refractivity contribution in [2.24, 2.45) is 0 Å². The lowest BCUT2D eigenvalue weighted by Gasteiger charge is -2.14. The van der Waals surface area contributed by atoms with Crippen molar-refractivity contribution in [3.05, 3.63) is 200 Å². The fraction of sp³-hybridized carbons (Fsp3) is 0. The van der Waals surface area contributed by atoms with E-state index in [0.29, 0.717) is 0 Å². The maximum atomic E-state index is 2.47. The normalized spacial score (nSPS) is 12.4. The summed E-state index contributed by atoms with van der Waals surface area (Å²) in [7, 11) is 0. The Kier molecular flexibility index (Phi) is 6.02. The molecule has 4 aromatic heterocycles. The molecule has 0 N–H and O–H groups in total. The van der Waals surface area contributed by atoms with Gasteiger partial charge in [0.1, 0.15) is 0 Å². The Labute approximate surface area is 338 Å². The third kappa shape index (κ3) is 4.11. The van der Waals surface area contributed by atoms with Crippen LogP contribution in [0.4, 0.5) is 0 Å². The summed E-state index contributed by atoms with van der Waals surface area (Å²) < 4.78 is 7.39. The van der Waals surface area contributed by atoms with Gasteiger partial charge in [0.2, 0.25) is 0 Å². The number of hydrogen-bond donors (Lipinski definition) is 0. The van der Waals surface area contributed by atoms with Crippen molar-refractivity contribution in [3.8, 4) is 22.5 Å². The van der Waals surface area contributed by atoms with E-state index < -0.39 is 0 Å². The third-order valence-corrected chi connectivity index (χ3v) is 13.1. The van der Waals surface area contributed by atoms with Crippen LogP contribution in [0.1, 0.15) is 0 Å². The van der Waals surface area contributed by atoms with Gasteiger partial charge in [0.05, 0.1) is 44.3 Å². The maximum Gasteiger partial charge on any atom is 0.0620 e. The van der Waals surface area contributed by atoms with Crippen LogP contribution in [0.5, 0.6) is 0 Å². The van der Waals surface area contributed by atoms with Crippen molar-refractivity contribution in [2.45, 2.75) is 0 Å². The summed E-state index contributed by atoms with van der Waals surface area (Å²) in [6.07, 6.45) is 0. The van der Waals surface area contributed by atoms with Gasteiger partial charge < -0.3 is 13.5 Å². The Morgan fingerprint density at radius 2 is 0.746 bits per heavy atom. The van der Waals surface area contributed by atoms with Crippen molar-refractivity contribution >= 4 is 103 Å². The summed E-state index contributed by atoms with van der Waals surface area (Å²) in [4.78, 5) is 0. The number of fused-ring (bicyclic) bond motifs is 15. The first-order chi connectivity index (χ1) is 29.3. The first-order valence-corrected chi connectivity index (χ1v) is 20.4. The summed E-state index contributed by atoms with van der Waals surface area (Å²) in [6.45, 7) is 0. The van der Waals surface area contributed by atoms with E-state index in [1.807, 2.05) is 0 Å². The lowest BCUT2D eigenvalue weighted by Crippen LogP contribution is -1.96. The van der Waals surface area contributed by atoms with Crippen molar-refractivity contribution in [3.63, 3.8) is 0 Å². The quantitative estimate of drug-likeness (QED) is 0.160. The molecule has 14 rings (SSSR count). The smallest absolute Gasteiger partial charge is 0.0620 e. The van der Waals surface area contributed by atoms with Crippen LogP contribution >= 0.6 is 0 Å². The summed E-state index contributed by atoms with van der Waals surface area (Å²) in [6, 6.07) is 74.3. The van der Waals surface area contributed by atoms with Gasteiger partial charge in [-0.1, -0.05) is 140 Å². The largest absolute Gasteiger partial charge is 0.309 e. The van der Waals surface area contributed by atoms with Crippen LogP contribution in [0.25, 0.3) is 126 Å². The lowest BCUT2D eigenvalue weighted by atomic mass is 9.99. The second-order valence-electron chi connectivity index (χ2n) is 16.1. The molecule has 0 bridgehead atoms. The van der Waals surface area contributed by atoms with E-state index in [1.54, 1.807) is 0 Å². The lowest BCUT2D eigenvalue weighted by molar-refractivity contribution is 1.18. The molecule has 4 heterocycles. The average molecular weight is 748 g/mol. The molecule has 0 amide bonds. The molecule has 59 heavy (non-hydrogen) atoms. The molecular weight excluding hydrogens is 715 g/mol. The monoisotopic (exact) mass is 747 g/mol. The second-order valence-corrected chi connectivity index (χ2v) is 16.1. The molecule has 0 aliphatic heterocycles. The highest BCUT2D eigenvalue weighted by Gasteiger charge is 2.20. The summed E-state index contributed by atoms with van der Waals surface area (Å²) in [5.74, 6) is 0. The zero-order valence-corrected chi connectivity index (χ0v) is 31.9. The third-order valence-electron chi connectivity index (χ3n) is 13.1. The van der Waals surface area contributed by atoms with Gasteiger partial charge in [0, 0.05) is 54.2 Å². The van der Waals surface area contributed by atoms with Crippen LogP contribution in [0.15, 0.2) is 200 Å². The Hall–Kier alpha value is -7.88. The average Bonchev–Trinajstić information content (AvgIpc) is 4.03. The summed E-state index contributed by atoms with van der Waals surface area (Å²) >= 11 is 0. The van der Waals surface area contributed by atoms with Crippen LogP contribution in [-0.4, -0.2) is 13.5 Å². The predicted octanol–water partition coefficient (Wildman–Crippen LogP) is 15.0. The summed E-state index contributed by atoms with van der Waals surface area (Å²) in [5, 5.41) is 15.3. The Morgan fingerprint density at radius 3 is 1.44 bits per heavy atom. The zero-order valence-electron chi connectivity index (χ0n) is 31.9. The van der Waals surface area contributed by atoms with Crippen molar-refractivity contribution in [2.75, 3.05) is 0 Å². The molecule has 3 heteroatoms. The van der Waals surface area contributed by atoms with Crippen LogP contribution < -0.4 is 0 Å². The predicted molar refractivity (Wildman–Crippen MR) is 250 cm³/mol. The summed E-state index contributed by atoms with van der Waals surface area (Å²) in [5.41, 5.74) is 13.4. The van der Waals surface area contributed by atoms with Crippen LogP contribution in [-0.2, 0) is 0 Å². The van der Waals surface area contributed by atoms with Gasteiger partial charge in [-0.3, -0.25) is 0 Å². The first kappa shape index (κ1) is 31.2. The molecule has 3 nitrogen and oxygen atoms in total. The Morgan fingerprint density at radius 1 is 0.254 bits per heavy atom.